The third kappa shape index (κ3) is 14.3. The Morgan fingerprint density at radius 2 is 1.72 bits per heavy atom. The number of hydrogen-bond acceptors (Lipinski definition) is 3. The Labute approximate surface area is 117 Å². The SMILES string of the molecule is CCCCCCC(C)OCCCCCS(=O)(=O)Cl. The number of ether oxygens (including phenoxy) is 1. The molecule has 0 N–H and O–H groups in total. The van der Waals surface area contributed by atoms with Gasteiger partial charge in [0.15, 0.2) is 0 Å². The molecule has 0 aromatic carbocycles. The molecule has 0 aliphatic carbocycles. The van der Waals surface area contributed by atoms with Crippen molar-refractivity contribution in [3.05, 3.63) is 0 Å². The minimum absolute atomic E-state index is 0.0706. The zero-order valence-electron chi connectivity index (χ0n) is 11.7. The number of hydrogen-bond donors (Lipinski definition) is 0. The Morgan fingerprint density at radius 1 is 1.06 bits per heavy atom. The maximum Gasteiger partial charge on any atom is 0.232 e. The van der Waals surface area contributed by atoms with Gasteiger partial charge in [-0.3, -0.25) is 0 Å². The molecule has 0 amide bonds. The quantitative estimate of drug-likeness (QED) is 0.402. The maximum absolute atomic E-state index is 10.7. The largest absolute Gasteiger partial charge is 0.379 e. The lowest BCUT2D eigenvalue weighted by Crippen LogP contribution is -2.09. The minimum atomic E-state index is -3.31. The van der Waals surface area contributed by atoms with Gasteiger partial charge >= 0.3 is 0 Å². The van der Waals surface area contributed by atoms with Crippen LogP contribution < -0.4 is 0 Å². The van der Waals surface area contributed by atoms with Crippen molar-refractivity contribution in [3.63, 3.8) is 0 Å². The molecule has 0 saturated carbocycles. The second-order valence-corrected chi connectivity index (χ2v) is 7.73. The van der Waals surface area contributed by atoms with Crippen LogP contribution in [-0.4, -0.2) is 26.9 Å². The maximum atomic E-state index is 10.7. The van der Waals surface area contributed by atoms with E-state index in [-0.39, 0.29) is 5.75 Å². The first-order valence-electron chi connectivity index (χ1n) is 6.99. The van der Waals surface area contributed by atoms with Crippen LogP contribution in [0.25, 0.3) is 0 Å². The van der Waals surface area contributed by atoms with E-state index in [9.17, 15) is 8.42 Å². The van der Waals surface area contributed by atoms with Gasteiger partial charge in [0.25, 0.3) is 0 Å². The molecular weight excluding hydrogens is 272 g/mol. The first kappa shape index (κ1) is 18.2. The number of rotatable bonds is 12. The van der Waals surface area contributed by atoms with E-state index in [1.54, 1.807) is 0 Å². The van der Waals surface area contributed by atoms with Crippen molar-refractivity contribution in [3.8, 4) is 0 Å². The fourth-order valence-electron chi connectivity index (χ4n) is 1.78. The molecule has 1 atom stereocenters. The molecule has 5 heteroatoms. The molecule has 0 radical (unpaired) electrons. The molecule has 0 aliphatic rings. The van der Waals surface area contributed by atoms with Crippen LogP contribution in [-0.2, 0) is 13.8 Å². The molecule has 0 bridgehead atoms. The van der Waals surface area contributed by atoms with Crippen molar-refractivity contribution in [2.75, 3.05) is 12.4 Å². The topological polar surface area (TPSA) is 43.4 Å². The summed E-state index contributed by atoms with van der Waals surface area (Å²) < 4.78 is 27.0. The van der Waals surface area contributed by atoms with Gasteiger partial charge < -0.3 is 4.74 Å². The zero-order valence-corrected chi connectivity index (χ0v) is 13.2. The van der Waals surface area contributed by atoms with Gasteiger partial charge in [-0.2, -0.15) is 0 Å². The predicted molar refractivity (Wildman–Crippen MR) is 77.7 cm³/mol. The lowest BCUT2D eigenvalue weighted by molar-refractivity contribution is 0.0559. The molecule has 3 nitrogen and oxygen atoms in total. The van der Waals surface area contributed by atoms with Gasteiger partial charge in [0.05, 0.1) is 11.9 Å². The molecule has 0 spiro atoms. The molecule has 0 aromatic heterocycles. The van der Waals surface area contributed by atoms with Gasteiger partial charge in [-0.05, 0) is 26.2 Å². The summed E-state index contributed by atoms with van der Waals surface area (Å²) in [5.74, 6) is 0.0706. The summed E-state index contributed by atoms with van der Waals surface area (Å²) in [6.07, 6.45) is 8.92. The van der Waals surface area contributed by atoms with Crippen LogP contribution in [0.4, 0.5) is 0 Å². The van der Waals surface area contributed by atoms with E-state index in [1.165, 1.54) is 25.7 Å². The van der Waals surface area contributed by atoms with Crippen LogP contribution in [0.5, 0.6) is 0 Å². The van der Waals surface area contributed by atoms with Gasteiger partial charge in [0, 0.05) is 17.3 Å². The summed E-state index contributed by atoms with van der Waals surface area (Å²) >= 11 is 0. The summed E-state index contributed by atoms with van der Waals surface area (Å²) in [6, 6.07) is 0. The molecule has 0 aliphatic heterocycles. The minimum Gasteiger partial charge on any atom is -0.379 e. The summed E-state index contributed by atoms with van der Waals surface area (Å²) in [6.45, 7) is 5.04. The molecular formula is C13H27ClO3S. The summed E-state index contributed by atoms with van der Waals surface area (Å²) in [4.78, 5) is 0. The van der Waals surface area contributed by atoms with Crippen LogP contribution >= 0.6 is 10.7 Å². The number of unbranched alkanes of at least 4 members (excludes halogenated alkanes) is 5. The van der Waals surface area contributed by atoms with Gasteiger partial charge in [-0.1, -0.05) is 39.0 Å². The van der Waals surface area contributed by atoms with E-state index in [1.807, 2.05) is 0 Å². The van der Waals surface area contributed by atoms with Crippen molar-refractivity contribution < 1.29 is 13.2 Å². The fraction of sp³-hybridized carbons (Fsp3) is 1.00. The molecule has 0 aromatic rings. The van der Waals surface area contributed by atoms with Crippen LogP contribution in [0.2, 0.25) is 0 Å². The average Bonchev–Trinajstić information content (AvgIpc) is 2.28. The smallest absolute Gasteiger partial charge is 0.232 e. The average molecular weight is 299 g/mol. The molecule has 1 unspecified atom stereocenters. The van der Waals surface area contributed by atoms with Crippen molar-refractivity contribution in [2.45, 2.75) is 71.3 Å². The zero-order chi connectivity index (χ0) is 13.9. The standard InChI is InChI=1S/C13H27ClO3S/c1-3-4-5-7-10-13(2)17-11-8-6-9-12-18(14,15)16/h13H,3-12H2,1-2H3. The summed E-state index contributed by atoms with van der Waals surface area (Å²) in [7, 11) is 1.81. The van der Waals surface area contributed by atoms with Gasteiger partial charge in [0.1, 0.15) is 0 Å². The monoisotopic (exact) mass is 298 g/mol. The Kier molecular flexibility index (Phi) is 11.2. The highest BCUT2D eigenvalue weighted by atomic mass is 35.7. The Hall–Kier alpha value is 0.200. The molecule has 0 rings (SSSR count). The second-order valence-electron chi connectivity index (χ2n) is 4.83. The van der Waals surface area contributed by atoms with E-state index in [0.717, 1.165) is 25.9 Å². The third-order valence-electron chi connectivity index (χ3n) is 2.90. The summed E-state index contributed by atoms with van der Waals surface area (Å²) in [5.41, 5.74) is 0. The van der Waals surface area contributed by atoms with Crippen LogP contribution in [0.15, 0.2) is 0 Å². The van der Waals surface area contributed by atoms with Crippen molar-refractivity contribution in [1.82, 2.24) is 0 Å². The first-order chi connectivity index (χ1) is 8.45. The molecule has 0 fully saturated rings. The highest BCUT2D eigenvalue weighted by molar-refractivity contribution is 8.13. The van der Waals surface area contributed by atoms with Gasteiger partial charge in [0.2, 0.25) is 9.05 Å². The Balaban J connectivity index is 3.27. The van der Waals surface area contributed by atoms with Crippen molar-refractivity contribution in [1.29, 1.82) is 0 Å². The van der Waals surface area contributed by atoms with E-state index in [0.29, 0.717) is 12.5 Å². The molecule has 18 heavy (non-hydrogen) atoms. The van der Waals surface area contributed by atoms with Crippen LogP contribution in [0, 0.1) is 0 Å². The van der Waals surface area contributed by atoms with E-state index >= 15 is 0 Å². The normalized spacial score (nSPS) is 13.7. The Bertz CT molecular complexity index is 278. The van der Waals surface area contributed by atoms with Gasteiger partial charge in [-0.15, -0.1) is 0 Å². The van der Waals surface area contributed by atoms with Crippen LogP contribution in [0.1, 0.15) is 65.2 Å². The second kappa shape index (κ2) is 11.1. The summed E-state index contributed by atoms with van der Waals surface area (Å²) in [5, 5.41) is 0. The lowest BCUT2D eigenvalue weighted by atomic mass is 10.1. The molecule has 0 heterocycles. The Morgan fingerprint density at radius 3 is 2.33 bits per heavy atom. The first-order valence-corrected chi connectivity index (χ1v) is 9.47. The highest BCUT2D eigenvalue weighted by Gasteiger charge is 2.05. The molecule has 110 valence electrons. The van der Waals surface area contributed by atoms with E-state index in [2.05, 4.69) is 13.8 Å². The molecule has 0 saturated heterocycles. The van der Waals surface area contributed by atoms with Crippen molar-refractivity contribution in [2.24, 2.45) is 0 Å². The predicted octanol–water partition coefficient (Wildman–Crippen LogP) is 4.10. The van der Waals surface area contributed by atoms with Gasteiger partial charge in [-0.25, -0.2) is 8.42 Å². The van der Waals surface area contributed by atoms with E-state index < -0.39 is 9.05 Å². The highest BCUT2D eigenvalue weighted by Crippen LogP contribution is 2.09. The van der Waals surface area contributed by atoms with Crippen LogP contribution in [0.3, 0.4) is 0 Å². The fourth-order valence-corrected chi connectivity index (χ4v) is 2.66. The van der Waals surface area contributed by atoms with E-state index in [4.69, 9.17) is 15.4 Å². The number of halogens is 1. The lowest BCUT2D eigenvalue weighted by Gasteiger charge is -2.12. The third-order valence-corrected chi connectivity index (χ3v) is 4.14. The van der Waals surface area contributed by atoms with Crippen molar-refractivity contribution >= 4 is 19.7 Å².